The lowest BCUT2D eigenvalue weighted by Gasteiger charge is -2.53. The Morgan fingerprint density at radius 1 is 0.864 bits per heavy atom. The van der Waals surface area contributed by atoms with Crippen LogP contribution in [0.5, 0.6) is 28.7 Å². The summed E-state index contributed by atoms with van der Waals surface area (Å²) in [5.74, 6) is 2.92. The van der Waals surface area contributed by atoms with Gasteiger partial charge in [-0.05, 0) is 178 Å². The molecule has 2 fully saturated rings. The molecule has 0 amide bonds. The monoisotopic (exact) mass is 899 g/mol. The fraction of sp³-hybridized carbons (Fsp3) is 0.273. The Morgan fingerprint density at radius 2 is 1.61 bits per heavy atom. The van der Waals surface area contributed by atoms with Crippen molar-refractivity contribution in [2.24, 2.45) is 18.4 Å². The number of fused-ring (bicyclic) bond motifs is 2. The highest BCUT2D eigenvalue weighted by molar-refractivity contribution is 7.22. The number of phenolic OH excluding ortho intramolecular Hbond substituents is 2. The van der Waals surface area contributed by atoms with Gasteiger partial charge in [0.1, 0.15) is 40.9 Å². The lowest BCUT2D eigenvalue weighted by atomic mass is 9.57. The number of ether oxygens (including phenoxy) is 2. The number of aliphatic hydroxyl groups is 1. The van der Waals surface area contributed by atoms with Gasteiger partial charge in [-0.3, -0.25) is 14.5 Å². The van der Waals surface area contributed by atoms with E-state index in [0.717, 1.165) is 80.2 Å². The van der Waals surface area contributed by atoms with E-state index in [1.54, 1.807) is 74.1 Å². The summed E-state index contributed by atoms with van der Waals surface area (Å²) in [6.07, 6.45) is 9.52. The van der Waals surface area contributed by atoms with Crippen LogP contribution in [-0.4, -0.2) is 61.8 Å². The van der Waals surface area contributed by atoms with Gasteiger partial charge in [-0.25, -0.2) is 0 Å². The van der Waals surface area contributed by atoms with Crippen LogP contribution in [0.3, 0.4) is 0 Å². The average molecular weight is 900 g/mol. The number of nitrogens with zero attached hydrogens (tertiary/aromatic N) is 2. The van der Waals surface area contributed by atoms with Crippen molar-refractivity contribution in [2.75, 3.05) is 26.2 Å². The first-order valence-corrected chi connectivity index (χ1v) is 23.5. The van der Waals surface area contributed by atoms with Crippen LogP contribution < -0.4 is 15.0 Å². The predicted molar refractivity (Wildman–Crippen MR) is 261 cm³/mol. The Labute approximate surface area is 387 Å². The first-order valence-electron chi connectivity index (χ1n) is 22.6. The molecule has 336 valence electrons. The number of phenols is 2. The van der Waals surface area contributed by atoms with E-state index >= 15 is 0 Å². The van der Waals surface area contributed by atoms with Crippen molar-refractivity contribution in [3.63, 3.8) is 0 Å². The minimum atomic E-state index is -1.06. The van der Waals surface area contributed by atoms with Gasteiger partial charge in [-0.2, -0.15) is 0 Å². The zero-order valence-electron chi connectivity index (χ0n) is 37.3. The highest BCUT2D eigenvalue weighted by atomic mass is 32.1. The average Bonchev–Trinajstić information content (AvgIpc) is 3.94. The highest BCUT2D eigenvalue weighted by Crippen LogP contribution is 2.52. The fourth-order valence-corrected chi connectivity index (χ4v) is 11.5. The summed E-state index contributed by atoms with van der Waals surface area (Å²) in [6, 6.07) is 35.3. The number of carbonyl (C=O) groups excluding carboxylic acids is 1. The van der Waals surface area contributed by atoms with Crippen LogP contribution in [0.15, 0.2) is 132 Å². The summed E-state index contributed by atoms with van der Waals surface area (Å²) < 4.78 is 15.1. The Kier molecular flexibility index (Phi) is 11.3. The molecule has 4 N–H and O–H groups in total. The standard InChI is InChI=1S/C55H53N3O7S/c1-54(2,63)38-11-20-47(45(28-38)46-32-57(3)53(62)50-43(46)21-23-56-50)65-42-15-5-34(6-16-42)27-35-30-55(31-35)22-4-24-58(33-55)25-26-64-41-17-9-36(10-18-41)51(61)49-44-19-14-40(60)29-48(44)66-52(49)37-7-12-39(59)13-8-37/h5-21,23,28-29,32,35,56,59-60,63H,4,22,24-27,30-31,33H2,1-3H3. The van der Waals surface area contributed by atoms with Crippen LogP contribution in [0.1, 0.15) is 66.6 Å². The first kappa shape index (κ1) is 43.2. The molecule has 3 aromatic heterocycles. The molecule has 66 heavy (non-hydrogen) atoms. The molecular formula is C55H53N3O7S. The molecule has 0 radical (unpaired) electrons. The van der Waals surface area contributed by atoms with Crippen molar-refractivity contribution in [3.05, 3.63) is 160 Å². The summed E-state index contributed by atoms with van der Waals surface area (Å²) in [7, 11) is 1.74. The van der Waals surface area contributed by atoms with E-state index < -0.39 is 5.60 Å². The molecule has 11 heteroatoms. The molecule has 8 aromatic rings. The van der Waals surface area contributed by atoms with Crippen molar-refractivity contribution in [2.45, 2.75) is 51.6 Å². The topological polar surface area (TPSA) is 137 Å². The minimum Gasteiger partial charge on any atom is -0.508 e. The van der Waals surface area contributed by atoms with Crippen LogP contribution in [0, 0.1) is 11.3 Å². The zero-order valence-corrected chi connectivity index (χ0v) is 38.2. The van der Waals surface area contributed by atoms with Gasteiger partial charge in [0.2, 0.25) is 0 Å². The number of aromatic nitrogens is 2. The number of pyridine rings is 1. The van der Waals surface area contributed by atoms with E-state index in [1.807, 2.05) is 66.9 Å². The summed E-state index contributed by atoms with van der Waals surface area (Å²) in [5.41, 5.74) is 5.36. The Morgan fingerprint density at radius 3 is 2.36 bits per heavy atom. The third kappa shape index (κ3) is 8.62. The number of piperidine rings is 1. The Balaban J connectivity index is 0.734. The molecule has 1 aliphatic heterocycles. The smallest absolute Gasteiger partial charge is 0.274 e. The van der Waals surface area contributed by atoms with Gasteiger partial charge in [0.15, 0.2) is 5.78 Å². The maximum Gasteiger partial charge on any atom is 0.274 e. The molecule has 0 bridgehead atoms. The number of likely N-dealkylation sites (tertiary alicyclic amines) is 1. The molecular weight excluding hydrogens is 847 g/mol. The predicted octanol–water partition coefficient (Wildman–Crippen LogP) is 11.2. The van der Waals surface area contributed by atoms with E-state index in [1.165, 1.54) is 42.6 Å². The Hall–Kier alpha value is -6.66. The van der Waals surface area contributed by atoms with Crippen LogP contribution in [0.4, 0.5) is 0 Å². The molecule has 1 saturated carbocycles. The van der Waals surface area contributed by atoms with Crippen molar-refractivity contribution in [1.29, 1.82) is 0 Å². The van der Waals surface area contributed by atoms with Gasteiger partial charge in [0.25, 0.3) is 5.56 Å². The van der Waals surface area contributed by atoms with Gasteiger partial charge >= 0.3 is 0 Å². The van der Waals surface area contributed by atoms with Crippen molar-refractivity contribution in [3.8, 4) is 50.3 Å². The minimum absolute atomic E-state index is 0.105. The molecule has 5 aromatic carbocycles. The van der Waals surface area contributed by atoms with E-state index in [9.17, 15) is 24.9 Å². The second kappa shape index (κ2) is 17.3. The van der Waals surface area contributed by atoms with Gasteiger partial charge in [0, 0.05) is 75.1 Å². The van der Waals surface area contributed by atoms with E-state index in [4.69, 9.17) is 9.47 Å². The number of carbonyl (C=O) groups is 1. The van der Waals surface area contributed by atoms with Crippen LogP contribution in [-0.2, 0) is 19.1 Å². The van der Waals surface area contributed by atoms with Gasteiger partial charge in [-0.15, -0.1) is 11.3 Å². The van der Waals surface area contributed by atoms with Crippen molar-refractivity contribution >= 4 is 38.1 Å². The summed E-state index contributed by atoms with van der Waals surface area (Å²) in [5, 5.41) is 32.5. The molecule has 10 nitrogen and oxygen atoms in total. The molecule has 0 unspecified atom stereocenters. The maximum atomic E-state index is 14.0. The number of thiophene rings is 1. The Bertz CT molecular complexity index is 3140. The maximum absolute atomic E-state index is 14.0. The second-order valence-corrected chi connectivity index (χ2v) is 19.9. The van der Waals surface area contributed by atoms with E-state index in [0.29, 0.717) is 40.3 Å². The number of ketones is 1. The molecule has 4 heterocycles. The SMILES string of the molecule is Cn1cc(-c2cc(C(C)(C)O)ccc2Oc2ccc(CC3CC4(CCCN(CCOc5ccc(C(=O)c6c(-c7ccc(O)cc7)sc7cc(O)ccc67)cc5)C4)C3)cc2)c2cc[nH]c2c1=O. The number of hydrogen-bond donors (Lipinski definition) is 4. The van der Waals surface area contributed by atoms with Crippen LogP contribution in [0.2, 0.25) is 0 Å². The summed E-state index contributed by atoms with van der Waals surface area (Å²) in [4.78, 5) is 33.3. The number of rotatable bonds is 13. The number of aromatic amines is 1. The highest BCUT2D eigenvalue weighted by Gasteiger charge is 2.46. The van der Waals surface area contributed by atoms with Gasteiger partial charge in [0.05, 0.1) is 5.60 Å². The molecule has 0 atom stereocenters. The number of aromatic hydroxyl groups is 2. The fourth-order valence-electron chi connectivity index (χ4n) is 10.3. The van der Waals surface area contributed by atoms with Gasteiger partial charge in [-0.1, -0.05) is 18.2 Å². The number of H-pyrrole nitrogens is 1. The molecule has 10 rings (SSSR count). The number of nitrogens with one attached hydrogen (secondary N) is 1. The third-order valence-electron chi connectivity index (χ3n) is 13.6. The number of benzene rings is 5. The van der Waals surface area contributed by atoms with Crippen molar-refractivity contribution < 1.29 is 29.6 Å². The van der Waals surface area contributed by atoms with E-state index in [2.05, 4.69) is 22.0 Å². The molecule has 2 aliphatic rings. The van der Waals surface area contributed by atoms with Crippen LogP contribution in [0.25, 0.3) is 42.6 Å². The molecule has 1 spiro atoms. The first-order chi connectivity index (χ1) is 31.8. The summed E-state index contributed by atoms with van der Waals surface area (Å²) in [6.45, 7) is 7.09. The van der Waals surface area contributed by atoms with E-state index in [-0.39, 0.29) is 22.8 Å². The lowest BCUT2D eigenvalue weighted by Crippen LogP contribution is -2.51. The molecule has 1 aliphatic carbocycles. The second-order valence-electron chi connectivity index (χ2n) is 18.8. The lowest BCUT2D eigenvalue weighted by molar-refractivity contribution is -0.0259. The van der Waals surface area contributed by atoms with Crippen LogP contribution >= 0.6 is 11.3 Å². The van der Waals surface area contributed by atoms with Gasteiger partial charge < -0.3 is 34.3 Å². The normalized spacial score (nSPS) is 17.6. The zero-order chi connectivity index (χ0) is 45.7. The third-order valence-corrected chi connectivity index (χ3v) is 14.8. The van der Waals surface area contributed by atoms with Crippen molar-refractivity contribution in [1.82, 2.24) is 14.5 Å². The number of aryl methyl sites for hydroxylation is 1. The summed E-state index contributed by atoms with van der Waals surface area (Å²) >= 11 is 1.45. The quantitative estimate of drug-likeness (QED) is 0.0840. The molecule has 1 saturated heterocycles. The largest absolute Gasteiger partial charge is 0.508 e. The number of hydrogen-bond acceptors (Lipinski definition) is 9.